The summed E-state index contributed by atoms with van der Waals surface area (Å²) in [6, 6.07) is 9.74. The van der Waals surface area contributed by atoms with Crippen LogP contribution in [0.4, 0.5) is 0 Å². The maximum Gasteiger partial charge on any atom is 0.0346 e. The van der Waals surface area contributed by atoms with Crippen molar-refractivity contribution in [2.75, 3.05) is 7.05 Å². The van der Waals surface area contributed by atoms with Crippen molar-refractivity contribution in [3.63, 3.8) is 0 Å². The zero-order valence-corrected chi connectivity index (χ0v) is 9.79. The number of hydrogen-bond donors (Lipinski definition) is 1. The first kappa shape index (κ1) is 10.7. The third-order valence-corrected chi connectivity index (χ3v) is 3.28. The van der Waals surface area contributed by atoms with Crippen LogP contribution in [-0.2, 0) is 6.42 Å². The van der Waals surface area contributed by atoms with Crippen LogP contribution in [0.5, 0.6) is 0 Å². The van der Waals surface area contributed by atoms with E-state index in [0.29, 0.717) is 6.04 Å². The van der Waals surface area contributed by atoms with Gasteiger partial charge in [0.25, 0.3) is 0 Å². The molecule has 1 aliphatic rings. The van der Waals surface area contributed by atoms with Gasteiger partial charge in [0.05, 0.1) is 0 Å². The molecule has 2 rings (SSSR count). The first-order chi connectivity index (χ1) is 7.35. The van der Waals surface area contributed by atoms with Gasteiger partial charge in [0.1, 0.15) is 0 Å². The molecule has 1 aliphatic carbocycles. The minimum atomic E-state index is 0.584. The van der Waals surface area contributed by atoms with Gasteiger partial charge in [-0.1, -0.05) is 37.6 Å². The maximum atomic E-state index is 3.43. The largest absolute Gasteiger partial charge is 0.313 e. The predicted octanol–water partition coefficient (Wildman–Crippen LogP) is 3.31. The van der Waals surface area contributed by atoms with Crippen molar-refractivity contribution in [3.05, 3.63) is 35.4 Å². The van der Waals surface area contributed by atoms with Gasteiger partial charge >= 0.3 is 0 Å². The second-order valence-corrected chi connectivity index (χ2v) is 4.60. The van der Waals surface area contributed by atoms with E-state index in [4.69, 9.17) is 0 Å². The Morgan fingerprint density at radius 2 is 1.93 bits per heavy atom. The van der Waals surface area contributed by atoms with E-state index in [0.717, 1.165) is 5.92 Å². The topological polar surface area (TPSA) is 12.0 Å². The molecule has 1 aromatic rings. The Morgan fingerprint density at radius 3 is 2.40 bits per heavy atom. The molecular weight excluding hydrogens is 182 g/mol. The monoisotopic (exact) mass is 203 g/mol. The average Bonchev–Trinajstić information content (AvgIpc) is 3.06. The average molecular weight is 203 g/mol. The number of nitrogens with one attached hydrogen (secondary N) is 1. The molecule has 0 spiro atoms. The highest BCUT2D eigenvalue weighted by molar-refractivity contribution is 5.26. The van der Waals surface area contributed by atoms with Gasteiger partial charge in [-0.25, -0.2) is 0 Å². The molecule has 1 saturated carbocycles. The Balaban J connectivity index is 2.07. The number of hydrogen-bond acceptors (Lipinski definition) is 1. The lowest BCUT2D eigenvalue weighted by molar-refractivity contribution is 0.529. The molecule has 1 N–H and O–H groups in total. The summed E-state index contributed by atoms with van der Waals surface area (Å²) in [6.07, 6.45) is 5.22. The summed E-state index contributed by atoms with van der Waals surface area (Å²) in [5.74, 6) is 0.882. The van der Waals surface area contributed by atoms with E-state index < -0.39 is 0 Å². The third-order valence-electron chi connectivity index (χ3n) is 3.28. The Kier molecular flexibility index (Phi) is 3.42. The van der Waals surface area contributed by atoms with E-state index in [1.165, 1.54) is 36.8 Å². The Morgan fingerprint density at radius 1 is 1.27 bits per heavy atom. The highest BCUT2D eigenvalue weighted by Gasteiger charge is 2.30. The normalized spacial score (nSPS) is 17.7. The lowest BCUT2D eigenvalue weighted by Crippen LogP contribution is -2.18. The Hall–Kier alpha value is -0.820. The van der Waals surface area contributed by atoms with Gasteiger partial charge in [0.2, 0.25) is 0 Å². The van der Waals surface area contributed by atoms with Gasteiger partial charge in [-0.2, -0.15) is 0 Å². The zero-order chi connectivity index (χ0) is 10.7. The molecule has 0 aromatic heterocycles. The second kappa shape index (κ2) is 4.80. The molecule has 0 bridgehead atoms. The zero-order valence-electron chi connectivity index (χ0n) is 9.79. The van der Waals surface area contributed by atoms with Crippen LogP contribution in [0.15, 0.2) is 24.3 Å². The van der Waals surface area contributed by atoms with Gasteiger partial charge in [-0.05, 0) is 43.4 Å². The van der Waals surface area contributed by atoms with Crippen molar-refractivity contribution in [1.29, 1.82) is 0 Å². The molecule has 82 valence electrons. The summed E-state index contributed by atoms with van der Waals surface area (Å²) in [6.45, 7) is 2.23. The van der Waals surface area contributed by atoms with Crippen LogP contribution in [0.2, 0.25) is 0 Å². The van der Waals surface area contributed by atoms with Crippen LogP contribution in [-0.4, -0.2) is 7.05 Å². The van der Waals surface area contributed by atoms with Crippen LogP contribution in [0.3, 0.4) is 0 Å². The van der Waals surface area contributed by atoms with Crippen molar-refractivity contribution >= 4 is 0 Å². The van der Waals surface area contributed by atoms with E-state index in [-0.39, 0.29) is 0 Å². The lowest BCUT2D eigenvalue weighted by atomic mass is 10.00. The third kappa shape index (κ3) is 2.60. The fraction of sp³-hybridized carbons (Fsp3) is 0.571. The fourth-order valence-electron chi connectivity index (χ4n) is 2.28. The van der Waals surface area contributed by atoms with Crippen LogP contribution in [0.25, 0.3) is 0 Å². The predicted molar refractivity (Wildman–Crippen MR) is 65.0 cm³/mol. The molecule has 15 heavy (non-hydrogen) atoms. The van der Waals surface area contributed by atoms with Crippen molar-refractivity contribution in [2.45, 2.75) is 38.6 Å². The van der Waals surface area contributed by atoms with Crippen molar-refractivity contribution in [3.8, 4) is 0 Å². The number of benzene rings is 1. The summed E-state index contributed by atoms with van der Waals surface area (Å²) < 4.78 is 0. The molecule has 0 amide bonds. The number of rotatable bonds is 5. The van der Waals surface area contributed by atoms with E-state index in [2.05, 4.69) is 43.6 Å². The summed E-state index contributed by atoms with van der Waals surface area (Å²) in [5.41, 5.74) is 2.92. The number of aryl methyl sites for hydroxylation is 1. The van der Waals surface area contributed by atoms with Crippen molar-refractivity contribution in [2.24, 2.45) is 5.92 Å². The van der Waals surface area contributed by atoms with E-state index in [1.54, 1.807) is 0 Å². The molecule has 1 unspecified atom stereocenters. The van der Waals surface area contributed by atoms with Crippen LogP contribution < -0.4 is 5.32 Å². The summed E-state index contributed by atoms with van der Waals surface area (Å²) in [4.78, 5) is 0. The SMILES string of the molecule is CCCc1ccc(C(NC)C2CC2)cc1. The van der Waals surface area contributed by atoms with E-state index >= 15 is 0 Å². The molecule has 1 fully saturated rings. The van der Waals surface area contributed by atoms with E-state index in [1.807, 2.05) is 0 Å². The van der Waals surface area contributed by atoms with Crippen molar-refractivity contribution in [1.82, 2.24) is 5.32 Å². The van der Waals surface area contributed by atoms with Crippen LogP contribution >= 0.6 is 0 Å². The molecule has 0 aliphatic heterocycles. The Bertz CT molecular complexity index is 298. The van der Waals surface area contributed by atoms with Crippen LogP contribution in [0.1, 0.15) is 43.4 Å². The molecule has 1 aromatic carbocycles. The molecular formula is C14H21N. The van der Waals surface area contributed by atoms with Crippen molar-refractivity contribution < 1.29 is 0 Å². The highest BCUT2D eigenvalue weighted by atomic mass is 14.9. The summed E-state index contributed by atoms with van der Waals surface area (Å²) in [7, 11) is 2.07. The maximum absolute atomic E-state index is 3.43. The Labute approximate surface area is 92.9 Å². The second-order valence-electron chi connectivity index (χ2n) is 4.60. The smallest absolute Gasteiger partial charge is 0.0346 e. The van der Waals surface area contributed by atoms with Gasteiger partial charge in [0.15, 0.2) is 0 Å². The van der Waals surface area contributed by atoms with Gasteiger partial charge in [-0.3, -0.25) is 0 Å². The lowest BCUT2D eigenvalue weighted by Gasteiger charge is -2.16. The fourth-order valence-corrected chi connectivity index (χ4v) is 2.28. The first-order valence-electron chi connectivity index (χ1n) is 6.11. The molecule has 1 nitrogen and oxygen atoms in total. The summed E-state index contributed by atoms with van der Waals surface area (Å²) >= 11 is 0. The molecule has 0 heterocycles. The molecule has 1 atom stereocenters. The van der Waals surface area contributed by atoms with Gasteiger partial charge in [0, 0.05) is 6.04 Å². The summed E-state index contributed by atoms with van der Waals surface area (Å²) in [5, 5.41) is 3.43. The molecule has 0 saturated heterocycles. The van der Waals surface area contributed by atoms with Gasteiger partial charge in [-0.15, -0.1) is 0 Å². The standard InChI is InChI=1S/C14H21N/c1-3-4-11-5-7-12(8-6-11)14(15-2)13-9-10-13/h5-8,13-15H,3-4,9-10H2,1-2H3. The minimum Gasteiger partial charge on any atom is -0.313 e. The minimum absolute atomic E-state index is 0.584. The van der Waals surface area contributed by atoms with Gasteiger partial charge < -0.3 is 5.32 Å². The molecule has 1 heteroatoms. The molecule has 0 radical (unpaired) electrons. The van der Waals surface area contributed by atoms with Crippen LogP contribution in [0, 0.1) is 5.92 Å². The first-order valence-corrected chi connectivity index (χ1v) is 6.11. The highest BCUT2D eigenvalue weighted by Crippen LogP contribution is 2.40. The quantitative estimate of drug-likeness (QED) is 0.774. The van der Waals surface area contributed by atoms with E-state index in [9.17, 15) is 0 Å².